The quantitative estimate of drug-likeness (QED) is 0.142. The molecule has 0 aliphatic rings. The molecule has 1 N–H and O–H groups in total. The normalized spacial score (nSPS) is 11.8. The van der Waals surface area contributed by atoms with Crippen LogP contribution in [0.4, 0.5) is 26.3 Å². The number of hydrogen-bond donors (Lipinski definition) is 1. The largest absolute Gasteiger partial charge is 0.372 e. The van der Waals surface area contributed by atoms with E-state index in [1.54, 1.807) is 0 Å². The van der Waals surface area contributed by atoms with Gasteiger partial charge in [-0.25, -0.2) is 17.6 Å². The van der Waals surface area contributed by atoms with Crippen molar-refractivity contribution in [2.75, 3.05) is 0 Å². The Morgan fingerprint density at radius 1 is 0.857 bits per heavy atom. The standard InChI is InChI=1S/C22H10BrF6NO4S/c1-8-6-11(23)12(24)7-10(8)16-9-2-5-15(31)30-13(9)3-4-14(16)35(32,33)34-22-20(28)18(26)17(25)19(27)21(22)29/h2-7H,1H3,(H,30,31). The maximum absolute atomic E-state index is 14.4. The number of aromatic nitrogens is 1. The van der Waals surface area contributed by atoms with Crippen LogP contribution >= 0.6 is 15.9 Å². The first kappa shape index (κ1) is 24.8. The third kappa shape index (κ3) is 4.18. The summed E-state index contributed by atoms with van der Waals surface area (Å²) in [6.45, 7) is 1.51. The van der Waals surface area contributed by atoms with Gasteiger partial charge in [0.2, 0.25) is 40.4 Å². The number of aryl methyl sites for hydroxylation is 1. The molecular formula is C22H10BrF6NO4S. The average Bonchev–Trinajstić information content (AvgIpc) is 2.80. The van der Waals surface area contributed by atoms with Gasteiger partial charge >= 0.3 is 10.1 Å². The van der Waals surface area contributed by atoms with E-state index in [1.807, 2.05) is 0 Å². The fraction of sp³-hybridized carbons (Fsp3) is 0.0455. The Balaban J connectivity index is 2.04. The Morgan fingerprint density at radius 2 is 1.46 bits per heavy atom. The Hall–Kier alpha value is -3.32. The maximum atomic E-state index is 14.4. The van der Waals surface area contributed by atoms with E-state index < -0.39 is 61.2 Å². The maximum Gasteiger partial charge on any atom is 0.340 e. The van der Waals surface area contributed by atoms with Gasteiger partial charge in [-0.05, 0) is 64.3 Å². The zero-order valence-corrected chi connectivity index (χ0v) is 19.6. The summed E-state index contributed by atoms with van der Waals surface area (Å²) in [7, 11) is -5.29. The van der Waals surface area contributed by atoms with E-state index in [1.165, 1.54) is 19.1 Å². The summed E-state index contributed by atoms with van der Waals surface area (Å²) in [5.74, 6) is -15.1. The summed E-state index contributed by atoms with van der Waals surface area (Å²) in [6.07, 6.45) is 0. The summed E-state index contributed by atoms with van der Waals surface area (Å²) >= 11 is 3.00. The van der Waals surface area contributed by atoms with E-state index in [-0.39, 0.29) is 26.5 Å². The number of H-pyrrole nitrogens is 1. The highest BCUT2D eigenvalue weighted by Crippen LogP contribution is 2.39. The van der Waals surface area contributed by atoms with Crippen LogP contribution in [-0.4, -0.2) is 13.4 Å². The van der Waals surface area contributed by atoms with E-state index in [0.717, 1.165) is 24.3 Å². The second-order valence-corrected chi connectivity index (χ2v) is 9.61. The molecule has 182 valence electrons. The summed E-state index contributed by atoms with van der Waals surface area (Å²) in [5, 5.41) is 0.0662. The number of fused-ring (bicyclic) bond motifs is 1. The van der Waals surface area contributed by atoms with Crippen LogP contribution in [0, 0.1) is 41.8 Å². The molecule has 4 aromatic rings. The molecule has 1 heterocycles. The lowest BCUT2D eigenvalue weighted by Gasteiger charge is -2.17. The molecule has 0 radical (unpaired) electrons. The molecule has 0 unspecified atom stereocenters. The predicted molar refractivity (Wildman–Crippen MR) is 116 cm³/mol. The fourth-order valence-corrected chi connectivity index (χ4v) is 5.05. The lowest BCUT2D eigenvalue weighted by Crippen LogP contribution is -2.16. The Bertz CT molecular complexity index is 1680. The van der Waals surface area contributed by atoms with Gasteiger partial charge in [0.25, 0.3) is 0 Å². The van der Waals surface area contributed by atoms with Crippen molar-refractivity contribution in [3.63, 3.8) is 0 Å². The molecule has 0 spiro atoms. The number of halogens is 7. The van der Waals surface area contributed by atoms with Crippen LogP contribution < -0.4 is 9.74 Å². The van der Waals surface area contributed by atoms with Crippen LogP contribution in [0.25, 0.3) is 22.0 Å². The first-order chi connectivity index (χ1) is 16.3. The minimum Gasteiger partial charge on any atom is -0.372 e. The smallest absolute Gasteiger partial charge is 0.340 e. The van der Waals surface area contributed by atoms with Crippen LogP contribution in [0.3, 0.4) is 0 Å². The van der Waals surface area contributed by atoms with Gasteiger partial charge in [0.1, 0.15) is 10.7 Å². The zero-order chi connectivity index (χ0) is 25.8. The molecule has 5 nitrogen and oxygen atoms in total. The number of pyridine rings is 1. The Kier molecular flexibility index (Phi) is 6.18. The second-order valence-electron chi connectivity index (χ2n) is 7.24. The average molecular weight is 578 g/mol. The van der Waals surface area contributed by atoms with Gasteiger partial charge in [-0.3, -0.25) is 4.79 Å². The van der Waals surface area contributed by atoms with E-state index in [0.29, 0.717) is 5.56 Å². The third-order valence-electron chi connectivity index (χ3n) is 5.04. The SMILES string of the molecule is Cc1cc(Br)c(F)cc1-c1c(S(=O)(=O)Oc2c(F)c(F)c(F)c(F)c2F)ccc2[nH]c(=O)ccc12. The number of aromatic amines is 1. The van der Waals surface area contributed by atoms with Crippen molar-refractivity contribution in [2.24, 2.45) is 0 Å². The number of hydrogen-bond acceptors (Lipinski definition) is 4. The Labute approximate surface area is 201 Å². The molecule has 0 aliphatic carbocycles. The fourth-order valence-electron chi connectivity index (χ4n) is 3.43. The van der Waals surface area contributed by atoms with Crippen molar-refractivity contribution < 1.29 is 38.9 Å². The third-order valence-corrected chi connectivity index (χ3v) is 6.91. The molecule has 0 fully saturated rings. The first-order valence-corrected chi connectivity index (χ1v) is 11.6. The van der Waals surface area contributed by atoms with Crippen molar-refractivity contribution in [3.05, 3.63) is 91.7 Å². The molecule has 4 rings (SSSR count). The highest BCUT2D eigenvalue weighted by Gasteiger charge is 2.33. The van der Waals surface area contributed by atoms with Crippen LogP contribution in [0.5, 0.6) is 5.75 Å². The summed E-state index contributed by atoms with van der Waals surface area (Å²) in [6, 6.07) is 6.58. The molecular weight excluding hydrogens is 568 g/mol. The summed E-state index contributed by atoms with van der Waals surface area (Å²) in [4.78, 5) is 13.4. The van der Waals surface area contributed by atoms with Gasteiger partial charge in [0.15, 0.2) is 0 Å². The highest BCUT2D eigenvalue weighted by atomic mass is 79.9. The van der Waals surface area contributed by atoms with Gasteiger partial charge in [0, 0.05) is 22.5 Å². The molecule has 0 atom stereocenters. The van der Waals surface area contributed by atoms with Gasteiger partial charge in [-0.1, -0.05) is 0 Å². The van der Waals surface area contributed by atoms with E-state index >= 15 is 0 Å². The minimum absolute atomic E-state index is 0.0112. The number of rotatable bonds is 4. The first-order valence-electron chi connectivity index (χ1n) is 9.41. The molecule has 0 bridgehead atoms. The van der Waals surface area contributed by atoms with Gasteiger partial charge in [0.05, 0.1) is 4.47 Å². The molecule has 13 heteroatoms. The van der Waals surface area contributed by atoms with Crippen LogP contribution in [-0.2, 0) is 10.1 Å². The minimum atomic E-state index is -5.29. The molecule has 1 aromatic heterocycles. The Morgan fingerprint density at radius 3 is 2.09 bits per heavy atom. The van der Waals surface area contributed by atoms with Gasteiger partial charge in [-0.2, -0.15) is 17.2 Å². The van der Waals surface area contributed by atoms with Gasteiger partial charge < -0.3 is 9.17 Å². The molecule has 0 amide bonds. The molecule has 0 aliphatic heterocycles. The van der Waals surface area contributed by atoms with Crippen molar-refractivity contribution in [1.29, 1.82) is 0 Å². The molecule has 0 saturated carbocycles. The van der Waals surface area contributed by atoms with E-state index in [9.17, 15) is 39.6 Å². The monoisotopic (exact) mass is 577 g/mol. The number of benzene rings is 3. The molecule has 35 heavy (non-hydrogen) atoms. The van der Waals surface area contributed by atoms with Gasteiger partial charge in [-0.15, -0.1) is 0 Å². The van der Waals surface area contributed by atoms with E-state index in [4.69, 9.17) is 0 Å². The topological polar surface area (TPSA) is 76.2 Å². The second kappa shape index (κ2) is 8.72. The summed E-state index contributed by atoms with van der Waals surface area (Å²) in [5.41, 5.74) is -0.347. The summed E-state index contributed by atoms with van der Waals surface area (Å²) < 4.78 is 114. The number of nitrogens with one attached hydrogen (secondary N) is 1. The zero-order valence-electron chi connectivity index (χ0n) is 17.2. The van der Waals surface area contributed by atoms with Crippen LogP contribution in [0.1, 0.15) is 5.56 Å². The lowest BCUT2D eigenvalue weighted by atomic mass is 9.96. The van der Waals surface area contributed by atoms with Crippen molar-refractivity contribution in [1.82, 2.24) is 4.98 Å². The van der Waals surface area contributed by atoms with Crippen LogP contribution in [0.2, 0.25) is 0 Å². The molecule has 0 saturated heterocycles. The van der Waals surface area contributed by atoms with Crippen molar-refractivity contribution in [3.8, 4) is 16.9 Å². The van der Waals surface area contributed by atoms with Crippen molar-refractivity contribution in [2.45, 2.75) is 11.8 Å². The highest BCUT2D eigenvalue weighted by molar-refractivity contribution is 9.10. The van der Waals surface area contributed by atoms with E-state index in [2.05, 4.69) is 25.1 Å². The predicted octanol–water partition coefficient (Wildman–Crippen LogP) is 5.87. The van der Waals surface area contributed by atoms with Crippen LogP contribution in [0.15, 0.2) is 50.6 Å². The lowest BCUT2D eigenvalue weighted by molar-refractivity contribution is 0.347. The van der Waals surface area contributed by atoms with Crippen molar-refractivity contribution >= 4 is 37.0 Å². The molecule has 3 aromatic carbocycles.